The Kier molecular flexibility index (Phi) is 5.86. The molecule has 1 amide bonds. The summed E-state index contributed by atoms with van der Waals surface area (Å²) in [6.07, 6.45) is -3.43. The SMILES string of the molecule is CNc1cnc2c(c1)[N+](C(=O)c1c(Cl)cccc1C(F)(F)F)=C2c1ccc(C(=O)OC)cc1F. The van der Waals surface area contributed by atoms with Crippen molar-refractivity contribution >= 4 is 40.6 Å². The third kappa shape index (κ3) is 3.79. The van der Waals surface area contributed by atoms with Gasteiger partial charge in [0.1, 0.15) is 11.4 Å². The standard InChI is InChI=1S/C23H14ClF4N3O3/c1-29-12-9-17-19(30-10-12)20(13-7-6-11(8-16(13)25)22(33)34-2)31(17)21(32)18-14(23(26,27)28)4-3-5-15(18)24/h3-10H,1-2H3/p+1. The molecule has 0 saturated carbocycles. The first-order valence-corrected chi connectivity index (χ1v) is 10.1. The van der Waals surface area contributed by atoms with Crippen LogP contribution in [0, 0.1) is 5.82 Å². The Labute approximate surface area is 195 Å². The molecule has 11 heteroatoms. The summed E-state index contributed by atoms with van der Waals surface area (Å²) in [6, 6.07) is 7.90. The van der Waals surface area contributed by atoms with E-state index in [1.165, 1.54) is 30.5 Å². The number of fused-ring (bicyclic) bond motifs is 1. The van der Waals surface area contributed by atoms with E-state index in [4.69, 9.17) is 11.6 Å². The summed E-state index contributed by atoms with van der Waals surface area (Å²) in [7, 11) is 2.73. The average molecular weight is 493 g/mol. The lowest BCUT2D eigenvalue weighted by atomic mass is 9.95. The number of amides is 1. The molecule has 2 aromatic carbocycles. The van der Waals surface area contributed by atoms with Crippen molar-refractivity contribution in [1.82, 2.24) is 4.98 Å². The van der Waals surface area contributed by atoms with Gasteiger partial charge in [-0.05, 0) is 30.3 Å². The van der Waals surface area contributed by atoms with Crippen molar-refractivity contribution in [1.29, 1.82) is 0 Å². The van der Waals surface area contributed by atoms with Crippen molar-refractivity contribution < 1.29 is 36.5 Å². The molecule has 6 nitrogen and oxygen atoms in total. The van der Waals surface area contributed by atoms with Crippen LogP contribution in [0.25, 0.3) is 0 Å². The van der Waals surface area contributed by atoms with Gasteiger partial charge >= 0.3 is 18.1 Å². The van der Waals surface area contributed by atoms with E-state index in [0.29, 0.717) is 5.69 Å². The summed E-state index contributed by atoms with van der Waals surface area (Å²) < 4.78 is 61.5. The van der Waals surface area contributed by atoms with Crippen molar-refractivity contribution in [2.45, 2.75) is 6.18 Å². The van der Waals surface area contributed by atoms with Crippen molar-refractivity contribution in [2.24, 2.45) is 0 Å². The maximum Gasteiger partial charge on any atom is 0.427 e. The van der Waals surface area contributed by atoms with Gasteiger partial charge in [0.05, 0.1) is 40.7 Å². The number of ether oxygens (including phenoxy) is 1. The van der Waals surface area contributed by atoms with Crippen LogP contribution in [0.2, 0.25) is 5.02 Å². The number of carbonyl (C=O) groups excluding carboxylic acids is 2. The number of rotatable bonds is 4. The van der Waals surface area contributed by atoms with Gasteiger partial charge in [0.15, 0.2) is 0 Å². The predicted molar refractivity (Wildman–Crippen MR) is 115 cm³/mol. The second-order valence-electron chi connectivity index (χ2n) is 7.18. The molecule has 1 aromatic heterocycles. The Morgan fingerprint density at radius 2 is 1.88 bits per heavy atom. The van der Waals surface area contributed by atoms with E-state index in [1.807, 2.05) is 0 Å². The van der Waals surface area contributed by atoms with Gasteiger partial charge < -0.3 is 10.1 Å². The lowest BCUT2D eigenvalue weighted by Gasteiger charge is -2.20. The smallest absolute Gasteiger partial charge is 0.427 e. The van der Waals surface area contributed by atoms with Crippen molar-refractivity contribution in [2.75, 3.05) is 19.5 Å². The van der Waals surface area contributed by atoms with Gasteiger partial charge in [-0.1, -0.05) is 17.7 Å². The van der Waals surface area contributed by atoms with Crippen LogP contribution in [0.3, 0.4) is 0 Å². The van der Waals surface area contributed by atoms with Gasteiger partial charge in [-0.25, -0.2) is 19.0 Å². The normalized spacial score (nSPS) is 12.7. The van der Waals surface area contributed by atoms with Gasteiger partial charge in [0, 0.05) is 13.1 Å². The first-order chi connectivity index (χ1) is 16.1. The van der Waals surface area contributed by atoms with Gasteiger partial charge in [-0.3, -0.25) is 0 Å². The Morgan fingerprint density at radius 1 is 1.15 bits per heavy atom. The molecule has 174 valence electrons. The van der Waals surface area contributed by atoms with E-state index in [2.05, 4.69) is 15.0 Å². The minimum Gasteiger partial charge on any atom is -0.465 e. The quantitative estimate of drug-likeness (QED) is 0.313. The zero-order chi connectivity index (χ0) is 24.8. The number of carbonyl (C=O) groups is 2. The summed E-state index contributed by atoms with van der Waals surface area (Å²) in [5.74, 6) is -2.77. The molecule has 0 saturated heterocycles. The molecule has 2 heterocycles. The third-order valence-electron chi connectivity index (χ3n) is 5.23. The molecule has 1 aliphatic rings. The molecular weight excluding hydrogens is 478 g/mol. The molecule has 0 aliphatic carbocycles. The third-order valence-corrected chi connectivity index (χ3v) is 5.54. The van der Waals surface area contributed by atoms with Gasteiger partial charge in [-0.15, -0.1) is 4.58 Å². The molecule has 3 aromatic rings. The number of methoxy groups -OCH3 is 1. The van der Waals surface area contributed by atoms with E-state index in [9.17, 15) is 22.8 Å². The van der Waals surface area contributed by atoms with Gasteiger partial charge in [0.25, 0.3) is 5.71 Å². The summed E-state index contributed by atoms with van der Waals surface area (Å²) in [5, 5.41) is 2.42. The highest BCUT2D eigenvalue weighted by Gasteiger charge is 2.48. The number of hydrogen-bond donors (Lipinski definition) is 1. The average Bonchev–Trinajstić information content (AvgIpc) is 2.79. The first-order valence-electron chi connectivity index (χ1n) is 9.72. The molecule has 4 rings (SSSR count). The number of esters is 1. The number of alkyl halides is 3. The zero-order valence-electron chi connectivity index (χ0n) is 17.6. The Bertz CT molecular complexity index is 1390. The number of pyridine rings is 1. The fourth-order valence-electron chi connectivity index (χ4n) is 3.62. The van der Waals surface area contributed by atoms with Crippen LogP contribution in [0.5, 0.6) is 0 Å². The summed E-state index contributed by atoms with van der Waals surface area (Å²) in [5.41, 5.74) is -1.45. The maximum absolute atomic E-state index is 15.0. The Balaban J connectivity index is 1.95. The maximum atomic E-state index is 15.0. The molecule has 0 radical (unpaired) electrons. The molecule has 0 spiro atoms. The summed E-state index contributed by atoms with van der Waals surface area (Å²) >= 11 is 6.03. The highest BCUT2D eigenvalue weighted by Crippen LogP contribution is 2.39. The Hall–Kier alpha value is -3.79. The number of nitrogens with zero attached hydrogens (tertiary/aromatic N) is 2. The first kappa shape index (κ1) is 23.4. The van der Waals surface area contributed by atoms with E-state index in [1.54, 1.807) is 7.05 Å². The molecule has 0 atom stereocenters. The Morgan fingerprint density at radius 3 is 2.50 bits per heavy atom. The fourth-order valence-corrected chi connectivity index (χ4v) is 3.87. The molecule has 0 fully saturated rings. The lowest BCUT2D eigenvalue weighted by Crippen LogP contribution is -2.37. The van der Waals surface area contributed by atoms with Crippen LogP contribution in [0.15, 0.2) is 48.7 Å². The van der Waals surface area contributed by atoms with Crippen LogP contribution in [-0.2, 0) is 10.9 Å². The van der Waals surface area contributed by atoms with Crippen LogP contribution < -0.4 is 5.32 Å². The summed E-state index contributed by atoms with van der Waals surface area (Å²) in [4.78, 5) is 29.4. The second kappa shape index (κ2) is 8.53. The summed E-state index contributed by atoms with van der Waals surface area (Å²) in [6.45, 7) is 0. The number of benzene rings is 2. The van der Waals surface area contributed by atoms with E-state index in [0.717, 1.165) is 29.9 Å². The molecular formula is C23H15ClF4N3O3+. The van der Waals surface area contributed by atoms with Crippen LogP contribution in [0.1, 0.15) is 37.5 Å². The van der Waals surface area contributed by atoms with Crippen LogP contribution >= 0.6 is 11.6 Å². The van der Waals surface area contributed by atoms with Crippen molar-refractivity contribution in [3.05, 3.63) is 87.4 Å². The van der Waals surface area contributed by atoms with Crippen molar-refractivity contribution in [3.63, 3.8) is 0 Å². The van der Waals surface area contributed by atoms with E-state index < -0.39 is 40.0 Å². The minimum atomic E-state index is -4.86. The lowest BCUT2D eigenvalue weighted by molar-refractivity contribution is -0.348. The van der Waals surface area contributed by atoms with Crippen molar-refractivity contribution in [3.8, 4) is 0 Å². The second-order valence-corrected chi connectivity index (χ2v) is 7.58. The monoisotopic (exact) mass is 492 g/mol. The highest BCUT2D eigenvalue weighted by atomic mass is 35.5. The van der Waals surface area contributed by atoms with E-state index >= 15 is 4.39 Å². The predicted octanol–water partition coefficient (Wildman–Crippen LogP) is 5.06. The molecule has 0 unspecified atom stereocenters. The minimum absolute atomic E-state index is 0.0652. The highest BCUT2D eigenvalue weighted by molar-refractivity contribution is 6.34. The van der Waals surface area contributed by atoms with Gasteiger partial charge in [0.2, 0.25) is 11.4 Å². The molecule has 1 N–H and O–H groups in total. The van der Waals surface area contributed by atoms with Gasteiger partial charge in [-0.2, -0.15) is 13.2 Å². The number of nitrogens with one attached hydrogen (secondary N) is 1. The zero-order valence-corrected chi connectivity index (χ0v) is 18.4. The van der Waals surface area contributed by atoms with E-state index in [-0.39, 0.29) is 28.2 Å². The fraction of sp³-hybridized carbons (Fsp3) is 0.130. The number of halogens is 5. The molecule has 34 heavy (non-hydrogen) atoms. The largest absolute Gasteiger partial charge is 0.465 e. The molecule has 0 bridgehead atoms. The number of aromatic nitrogens is 1. The van der Waals surface area contributed by atoms with Crippen LogP contribution in [0.4, 0.5) is 28.9 Å². The topological polar surface area (TPSA) is 71.3 Å². The number of hydrogen-bond acceptors (Lipinski definition) is 5. The number of anilines is 1. The van der Waals surface area contributed by atoms with Crippen LogP contribution in [-0.4, -0.2) is 41.3 Å². The molecule has 1 aliphatic heterocycles.